The van der Waals surface area contributed by atoms with Crippen LogP contribution >= 0.6 is 23.4 Å². The van der Waals surface area contributed by atoms with Crippen LogP contribution in [0, 0.1) is 0 Å². The fourth-order valence-corrected chi connectivity index (χ4v) is 4.84. The van der Waals surface area contributed by atoms with Crippen LogP contribution in [0.3, 0.4) is 0 Å². The quantitative estimate of drug-likeness (QED) is 0.609. The summed E-state index contributed by atoms with van der Waals surface area (Å²) in [6.45, 7) is 3.21. The molecular formula is C24H24ClN3O4S. The van der Waals surface area contributed by atoms with Gasteiger partial charge in [-0.2, -0.15) is 0 Å². The summed E-state index contributed by atoms with van der Waals surface area (Å²) in [6.07, 6.45) is 2.78. The normalized spacial score (nSPS) is 17.3. The van der Waals surface area contributed by atoms with Gasteiger partial charge >= 0.3 is 6.09 Å². The predicted octanol–water partition coefficient (Wildman–Crippen LogP) is 4.78. The zero-order valence-electron chi connectivity index (χ0n) is 18.1. The van der Waals surface area contributed by atoms with E-state index in [9.17, 15) is 14.4 Å². The van der Waals surface area contributed by atoms with E-state index in [0.29, 0.717) is 53.7 Å². The van der Waals surface area contributed by atoms with Gasteiger partial charge in [-0.1, -0.05) is 41.6 Å². The molecule has 2 N–H and O–H groups in total. The number of amides is 3. The zero-order chi connectivity index (χ0) is 23.4. The minimum atomic E-state index is -0.312. The fraction of sp³-hybridized carbons (Fsp3) is 0.292. The lowest BCUT2D eigenvalue weighted by atomic mass is 10.0. The number of hydrogen-bond donors (Lipinski definition) is 2. The Labute approximate surface area is 201 Å². The number of hydrogen-bond acceptors (Lipinski definition) is 5. The Kier molecular flexibility index (Phi) is 7.25. The van der Waals surface area contributed by atoms with Gasteiger partial charge in [0.1, 0.15) is 0 Å². The number of piperidine rings is 1. The highest BCUT2D eigenvalue weighted by atomic mass is 35.5. The van der Waals surface area contributed by atoms with Crippen LogP contribution in [0.25, 0.3) is 6.08 Å². The maximum atomic E-state index is 12.8. The van der Waals surface area contributed by atoms with Gasteiger partial charge in [-0.15, -0.1) is 0 Å². The monoisotopic (exact) mass is 485 g/mol. The van der Waals surface area contributed by atoms with E-state index < -0.39 is 0 Å². The van der Waals surface area contributed by atoms with E-state index in [2.05, 4.69) is 10.6 Å². The van der Waals surface area contributed by atoms with Crippen LogP contribution < -0.4 is 10.6 Å². The van der Waals surface area contributed by atoms with Crippen molar-refractivity contribution < 1.29 is 19.1 Å². The summed E-state index contributed by atoms with van der Waals surface area (Å²) in [7, 11) is 0. The molecule has 2 aliphatic heterocycles. The summed E-state index contributed by atoms with van der Waals surface area (Å²) in [4.78, 5) is 40.3. The highest BCUT2D eigenvalue weighted by Crippen LogP contribution is 2.39. The lowest BCUT2D eigenvalue weighted by Crippen LogP contribution is -2.46. The van der Waals surface area contributed by atoms with Crippen LogP contribution in [0.15, 0.2) is 52.3 Å². The molecule has 0 spiro atoms. The largest absolute Gasteiger partial charge is 0.450 e. The Balaban J connectivity index is 1.40. The average Bonchev–Trinajstić information content (AvgIpc) is 2.81. The number of thioether (sulfide) groups is 1. The number of nitrogens with zero attached hydrogens (tertiary/aromatic N) is 1. The molecule has 0 radical (unpaired) electrons. The molecule has 4 rings (SSSR count). The third kappa shape index (κ3) is 5.51. The van der Waals surface area contributed by atoms with Crippen LogP contribution in [-0.4, -0.2) is 48.5 Å². The summed E-state index contributed by atoms with van der Waals surface area (Å²) in [5.74, 6) is -0.444. The molecule has 0 atom stereocenters. The van der Waals surface area contributed by atoms with Crippen LogP contribution in [0.4, 0.5) is 10.5 Å². The molecule has 0 aromatic heterocycles. The topological polar surface area (TPSA) is 87.7 Å². The number of carbonyl (C=O) groups is 3. The van der Waals surface area contributed by atoms with Crippen LogP contribution in [0.1, 0.15) is 35.7 Å². The molecule has 2 heterocycles. The van der Waals surface area contributed by atoms with Crippen LogP contribution in [0.2, 0.25) is 5.02 Å². The third-order valence-corrected chi connectivity index (χ3v) is 6.92. The van der Waals surface area contributed by atoms with Gasteiger partial charge in [0.25, 0.3) is 11.8 Å². The summed E-state index contributed by atoms with van der Waals surface area (Å²) in [5, 5.41) is 6.47. The maximum Gasteiger partial charge on any atom is 0.409 e. The Morgan fingerprint density at radius 2 is 2.00 bits per heavy atom. The van der Waals surface area contributed by atoms with Crippen molar-refractivity contribution >= 4 is 53.0 Å². The average molecular weight is 486 g/mol. The smallest absolute Gasteiger partial charge is 0.409 e. The van der Waals surface area contributed by atoms with Gasteiger partial charge in [-0.3, -0.25) is 9.59 Å². The first-order chi connectivity index (χ1) is 15.9. The zero-order valence-corrected chi connectivity index (χ0v) is 19.7. The lowest BCUT2D eigenvalue weighted by molar-refractivity contribution is -0.112. The lowest BCUT2D eigenvalue weighted by Gasteiger charge is -2.31. The number of ether oxygens (including phenoxy) is 1. The Hall–Kier alpha value is -2.97. The van der Waals surface area contributed by atoms with E-state index in [1.54, 1.807) is 36.1 Å². The van der Waals surface area contributed by atoms with E-state index in [0.717, 1.165) is 10.5 Å². The number of halogens is 1. The highest BCUT2D eigenvalue weighted by molar-refractivity contribution is 8.04. The molecule has 172 valence electrons. The number of benzene rings is 2. The Morgan fingerprint density at radius 3 is 2.73 bits per heavy atom. The van der Waals surface area contributed by atoms with Crippen molar-refractivity contribution in [1.82, 2.24) is 10.2 Å². The van der Waals surface area contributed by atoms with Crippen molar-refractivity contribution in [2.24, 2.45) is 0 Å². The van der Waals surface area contributed by atoms with Crippen molar-refractivity contribution in [3.05, 3.63) is 63.5 Å². The summed E-state index contributed by atoms with van der Waals surface area (Å²) >= 11 is 7.55. The van der Waals surface area contributed by atoms with Crippen molar-refractivity contribution in [1.29, 1.82) is 0 Å². The molecule has 2 aromatic carbocycles. The number of fused-ring (bicyclic) bond motifs is 1. The molecule has 0 bridgehead atoms. The molecule has 3 amide bonds. The Bertz CT molecular complexity index is 1110. The van der Waals surface area contributed by atoms with Crippen molar-refractivity contribution in [2.45, 2.75) is 30.7 Å². The molecule has 2 aromatic rings. The van der Waals surface area contributed by atoms with E-state index >= 15 is 0 Å². The second-order valence-corrected chi connectivity index (χ2v) is 9.22. The molecule has 7 nitrogen and oxygen atoms in total. The number of anilines is 1. The molecule has 2 aliphatic rings. The van der Waals surface area contributed by atoms with E-state index in [1.807, 2.05) is 24.3 Å². The summed E-state index contributed by atoms with van der Waals surface area (Å²) in [6, 6.07) is 12.6. The second-order valence-electron chi connectivity index (χ2n) is 7.73. The minimum Gasteiger partial charge on any atom is -0.450 e. The molecule has 9 heteroatoms. The first kappa shape index (κ1) is 23.2. The number of rotatable bonds is 4. The van der Waals surface area contributed by atoms with Crippen molar-refractivity contribution in [2.75, 3.05) is 25.0 Å². The number of nitrogens with one attached hydrogen (secondary N) is 2. The maximum absolute atomic E-state index is 12.8. The van der Waals surface area contributed by atoms with Gasteiger partial charge in [-0.25, -0.2) is 4.79 Å². The molecule has 33 heavy (non-hydrogen) atoms. The van der Waals surface area contributed by atoms with Gasteiger partial charge in [0, 0.05) is 34.6 Å². The third-order valence-electron chi connectivity index (χ3n) is 5.48. The first-order valence-corrected chi connectivity index (χ1v) is 12.0. The number of carbonyl (C=O) groups excluding carboxylic acids is 3. The van der Waals surface area contributed by atoms with E-state index in [4.69, 9.17) is 16.3 Å². The molecular weight excluding hydrogens is 462 g/mol. The second kappa shape index (κ2) is 10.3. The molecule has 1 fully saturated rings. The summed E-state index contributed by atoms with van der Waals surface area (Å²) in [5.41, 5.74) is 1.84. The van der Waals surface area contributed by atoms with Crippen LogP contribution in [-0.2, 0) is 9.53 Å². The molecule has 0 unspecified atom stereocenters. The van der Waals surface area contributed by atoms with Crippen molar-refractivity contribution in [3.8, 4) is 0 Å². The SMILES string of the molecule is CCOC(=O)N1CCC(NC(=O)c2ccc3c(c2)NC(=O)/C(=C\c2ccccc2Cl)S3)CC1. The standard InChI is InChI=1S/C24H24ClN3O4S/c1-2-32-24(31)28-11-9-17(10-12-28)26-22(29)16-7-8-20-19(13-16)27-23(30)21(33-20)14-15-5-3-4-6-18(15)25/h3-8,13-14,17H,2,9-12H2,1H3,(H,26,29)(H,27,30)/b21-14+. The molecule has 0 saturated carbocycles. The molecule has 0 aliphatic carbocycles. The molecule has 1 saturated heterocycles. The predicted molar refractivity (Wildman–Crippen MR) is 129 cm³/mol. The minimum absolute atomic E-state index is 0.0201. The van der Waals surface area contributed by atoms with E-state index in [1.165, 1.54) is 11.8 Å². The number of likely N-dealkylation sites (tertiary alicyclic amines) is 1. The van der Waals surface area contributed by atoms with Gasteiger partial charge < -0.3 is 20.3 Å². The van der Waals surface area contributed by atoms with Gasteiger partial charge in [0.2, 0.25) is 0 Å². The fourth-order valence-electron chi connectivity index (χ4n) is 3.72. The van der Waals surface area contributed by atoms with Crippen LogP contribution in [0.5, 0.6) is 0 Å². The van der Waals surface area contributed by atoms with E-state index in [-0.39, 0.29) is 23.9 Å². The van der Waals surface area contributed by atoms with Gasteiger partial charge in [-0.05, 0) is 55.7 Å². The van der Waals surface area contributed by atoms with Gasteiger partial charge in [0.15, 0.2) is 0 Å². The van der Waals surface area contributed by atoms with Gasteiger partial charge in [0.05, 0.1) is 17.2 Å². The summed E-state index contributed by atoms with van der Waals surface area (Å²) < 4.78 is 5.03. The Morgan fingerprint density at radius 1 is 1.24 bits per heavy atom. The first-order valence-electron chi connectivity index (χ1n) is 10.8. The van der Waals surface area contributed by atoms with Crippen molar-refractivity contribution in [3.63, 3.8) is 0 Å². The highest BCUT2D eigenvalue weighted by Gasteiger charge is 2.26.